The first-order valence-electron chi connectivity index (χ1n) is 7.25. The fourth-order valence-corrected chi connectivity index (χ4v) is 3.16. The number of amides is 1. The maximum Gasteiger partial charge on any atom is 0.241 e. The van der Waals surface area contributed by atoms with Crippen molar-refractivity contribution in [2.24, 2.45) is 0 Å². The van der Waals surface area contributed by atoms with Gasteiger partial charge in [0.1, 0.15) is 5.75 Å². The van der Waals surface area contributed by atoms with Crippen LogP contribution >= 0.6 is 0 Å². The number of ether oxygens (including phenoxy) is 1. The Kier molecular flexibility index (Phi) is 5.88. The van der Waals surface area contributed by atoms with Gasteiger partial charge in [-0.15, -0.1) is 0 Å². The first-order valence-corrected chi connectivity index (χ1v) is 8.73. The molecule has 0 saturated carbocycles. The largest absolute Gasteiger partial charge is 0.497 e. The summed E-state index contributed by atoms with van der Waals surface area (Å²) in [6, 6.07) is 8.59. The van der Waals surface area contributed by atoms with Crippen molar-refractivity contribution in [1.29, 1.82) is 0 Å². The van der Waals surface area contributed by atoms with E-state index in [1.54, 1.807) is 30.6 Å². The van der Waals surface area contributed by atoms with E-state index in [0.717, 1.165) is 5.56 Å². The zero-order valence-electron chi connectivity index (χ0n) is 13.4. The lowest BCUT2D eigenvalue weighted by molar-refractivity contribution is -0.122. The molecule has 128 valence electrons. The fraction of sp³-hybridized carbons (Fsp3) is 0.250. The Morgan fingerprint density at radius 1 is 1.25 bits per heavy atom. The topological polar surface area (TPSA) is 97.4 Å². The third kappa shape index (κ3) is 4.77. The molecule has 7 nitrogen and oxygen atoms in total. The predicted molar refractivity (Wildman–Crippen MR) is 88.9 cm³/mol. The number of rotatable bonds is 7. The zero-order valence-corrected chi connectivity index (χ0v) is 14.2. The lowest BCUT2D eigenvalue weighted by Crippen LogP contribution is -2.44. The molecule has 2 aromatic rings. The molecular formula is C16H19N3O4S. The first-order chi connectivity index (χ1) is 11.4. The summed E-state index contributed by atoms with van der Waals surface area (Å²) < 4.78 is 31.9. The Hall–Kier alpha value is -2.45. The minimum absolute atomic E-state index is 0.0650. The molecular weight excluding hydrogens is 330 g/mol. The highest BCUT2D eigenvalue weighted by Crippen LogP contribution is 2.15. The molecule has 8 heteroatoms. The van der Waals surface area contributed by atoms with Gasteiger partial charge in [0.2, 0.25) is 15.9 Å². The van der Waals surface area contributed by atoms with Crippen molar-refractivity contribution in [1.82, 2.24) is 15.0 Å². The van der Waals surface area contributed by atoms with E-state index < -0.39 is 22.0 Å². The van der Waals surface area contributed by atoms with Crippen LogP contribution < -0.4 is 14.8 Å². The van der Waals surface area contributed by atoms with Crippen LogP contribution in [0, 0.1) is 0 Å². The van der Waals surface area contributed by atoms with E-state index in [9.17, 15) is 13.2 Å². The number of carbonyl (C=O) groups is 1. The van der Waals surface area contributed by atoms with Crippen LogP contribution in [0.2, 0.25) is 0 Å². The van der Waals surface area contributed by atoms with Crippen LogP contribution in [-0.2, 0) is 21.4 Å². The summed E-state index contributed by atoms with van der Waals surface area (Å²) in [5.74, 6) is 0.132. The van der Waals surface area contributed by atoms with Gasteiger partial charge >= 0.3 is 0 Å². The van der Waals surface area contributed by atoms with Gasteiger partial charge in [-0.25, -0.2) is 8.42 Å². The molecule has 0 aliphatic carbocycles. The number of carbonyl (C=O) groups excluding carboxylic acids is 1. The van der Waals surface area contributed by atoms with Crippen LogP contribution in [0.4, 0.5) is 0 Å². The monoisotopic (exact) mass is 349 g/mol. The van der Waals surface area contributed by atoms with Crippen molar-refractivity contribution in [3.8, 4) is 5.75 Å². The molecule has 24 heavy (non-hydrogen) atoms. The van der Waals surface area contributed by atoms with E-state index >= 15 is 0 Å². The Labute approximate surface area is 141 Å². The highest BCUT2D eigenvalue weighted by atomic mass is 32.2. The highest BCUT2D eigenvalue weighted by Gasteiger charge is 2.21. The van der Waals surface area contributed by atoms with Crippen LogP contribution in [-0.4, -0.2) is 32.5 Å². The van der Waals surface area contributed by atoms with Crippen molar-refractivity contribution in [3.63, 3.8) is 0 Å². The van der Waals surface area contributed by atoms with Gasteiger partial charge in [0.15, 0.2) is 0 Å². The van der Waals surface area contributed by atoms with E-state index in [2.05, 4.69) is 15.0 Å². The molecule has 0 saturated heterocycles. The van der Waals surface area contributed by atoms with E-state index in [0.29, 0.717) is 5.75 Å². The molecule has 1 heterocycles. The van der Waals surface area contributed by atoms with Gasteiger partial charge in [0.25, 0.3) is 0 Å². The molecule has 0 aliphatic rings. The zero-order chi connectivity index (χ0) is 17.6. The Morgan fingerprint density at radius 3 is 2.54 bits per heavy atom. The minimum Gasteiger partial charge on any atom is -0.497 e. The fourth-order valence-electron chi connectivity index (χ4n) is 1.95. The SMILES string of the molecule is COc1ccc(S(=O)(=O)N[C@H](C)C(=O)NCc2cccnc2)cc1. The van der Waals surface area contributed by atoms with Gasteiger partial charge in [-0.3, -0.25) is 9.78 Å². The lowest BCUT2D eigenvalue weighted by atomic mass is 10.2. The summed E-state index contributed by atoms with van der Waals surface area (Å²) in [6.45, 7) is 1.76. The number of sulfonamides is 1. The van der Waals surface area contributed by atoms with Crippen molar-refractivity contribution < 1.29 is 17.9 Å². The molecule has 2 N–H and O–H groups in total. The standard InChI is InChI=1S/C16H19N3O4S/c1-12(16(20)18-11-13-4-3-9-17-10-13)19-24(21,22)15-7-5-14(23-2)6-8-15/h3-10,12,19H,11H2,1-2H3,(H,18,20)/t12-/m1/s1. The Balaban J connectivity index is 1.96. The molecule has 0 spiro atoms. The quantitative estimate of drug-likeness (QED) is 0.779. The van der Waals surface area contributed by atoms with Crippen molar-refractivity contribution in [2.75, 3.05) is 7.11 Å². The number of nitrogens with one attached hydrogen (secondary N) is 2. The normalized spacial score (nSPS) is 12.4. The highest BCUT2D eigenvalue weighted by molar-refractivity contribution is 7.89. The molecule has 2 rings (SSSR count). The molecule has 0 unspecified atom stereocenters. The third-order valence-corrected chi connectivity index (χ3v) is 4.84. The van der Waals surface area contributed by atoms with Crippen molar-refractivity contribution >= 4 is 15.9 Å². The second kappa shape index (κ2) is 7.89. The third-order valence-electron chi connectivity index (χ3n) is 3.28. The second-order valence-electron chi connectivity index (χ2n) is 5.10. The number of nitrogens with zero attached hydrogens (tertiary/aromatic N) is 1. The van der Waals surface area contributed by atoms with Crippen molar-refractivity contribution in [2.45, 2.75) is 24.4 Å². The number of aromatic nitrogens is 1. The number of benzene rings is 1. The average Bonchev–Trinajstić information content (AvgIpc) is 2.60. The van der Waals surface area contributed by atoms with Crippen LogP contribution in [0.5, 0.6) is 5.75 Å². The van der Waals surface area contributed by atoms with Crippen LogP contribution in [0.15, 0.2) is 53.7 Å². The maximum absolute atomic E-state index is 12.3. The number of hydrogen-bond donors (Lipinski definition) is 2. The lowest BCUT2D eigenvalue weighted by Gasteiger charge is -2.14. The van der Waals surface area contributed by atoms with Gasteiger partial charge in [0, 0.05) is 18.9 Å². The van der Waals surface area contributed by atoms with Crippen LogP contribution in [0.25, 0.3) is 0 Å². The summed E-state index contributed by atoms with van der Waals surface area (Å²) in [5.41, 5.74) is 0.830. The van der Waals surface area contributed by atoms with Gasteiger partial charge < -0.3 is 10.1 Å². The molecule has 0 aliphatic heterocycles. The van der Waals surface area contributed by atoms with Gasteiger partial charge in [0.05, 0.1) is 18.0 Å². The molecule has 1 aromatic carbocycles. The molecule has 1 atom stereocenters. The van der Waals surface area contributed by atoms with E-state index in [1.807, 2.05) is 6.07 Å². The summed E-state index contributed by atoms with van der Waals surface area (Å²) in [4.78, 5) is 16.1. The van der Waals surface area contributed by atoms with E-state index in [-0.39, 0.29) is 11.4 Å². The number of methoxy groups -OCH3 is 1. The summed E-state index contributed by atoms with van der Waals surface area (Å²) in [7, 11) is -2.29. The van der Waals surface area contributed by atoms with E-state index in [4.69, 9.17) is 4.74 Å². The van der Waals surface area contributed by atoms with Crippen LogP contribution in [0.1, 0.15) is 12.5 Å². The van der Waals surface area contributed by atoms with E-state index in [1.165, 1.54) is 26.2 Å². The number of pyridine rings is 1. The molecule has 1 aromatic heterocycles. The summed E-state index contributed by atoms with van der Waals surface area (Å²) in [6.07, 6.45) is 3.27. The van der Waals surface area contributed by atoms with Crippen molar-refractivity contribution in [3.05, 3.63) is 54.4 Å². The van der Waals surface area contributed by atoms with Crippen LogP contribution in [0.3, 0.4) is 0 Å². The average molecular weight is 349 g/mol. The second-order valence-corrected chi connectivity index (χ2v) is 6.81. The van der Waals surface area contributed by atoms with Gasteiger partial charge in [-0.05, 0) is 42.8 Å². The summed E-state index contributed by atoms with van der Waals surface area (Å²) in [5, 5.41) is 2.67. The molecule has 1 amide bonds. The summed E-state index contributed by atoms with van der Waals surface area (Å²) >= 11 is 0. The first kappa shape index (κ1) is 17.9. The molecule has 0 bridgehead atoms. The predicted octanol–water partition coefficient (Wildman–Crippen LogP) is 1.07. The minimum atomic E-state index is -3.79. The van der Waals surface area contributed by atoms with Gasteiger partial charge in [-0.1, -0.05) is 6.07 Å². The molecule has 0 fully saturated rings. The Morgan fingerprint density at radius 2 is 1.96 bits per heavy atom. The van der Waals surface area contributed by atoms with Gasteiger partial charge in [-0.2, -0.15) is 4.72 Å². The molecule has 0 radical (unpaired) electrons. The smallest absolute Gasteiger partial charge is 0.241 e. The number of hydrogen-bond acceptors (Lipinski definition) is 5. The Bertz CT molecular complexity index is 777. The maximum atomic E-state index is 12.3.